The van der Waals surface area contributed by atoms with Crippen molar-refractivity contribution in [1.82, 2.24) is 10.6 Å². The molecule has 2 amide bonds. The van der Waals surface area contributed by atoms with Crippen molar-refractivity contribution in [2.75, 3.05) is 7.05 Å². The zero-order valence-electron chi connectivity index (χ0n) is 15.6. The van der Waals surface area contributed by atoms with Crippen molar-refractivity contribution in [2.24, 2.45) is 16.7 Å². The van der Waals surface area contributed by atoms with Gasteiger partial charge in [-0.15, -0.1) is 0 Å². The monoisotopic (exact) mass is 340 g/mol. The van der Waals surface area contributed by atoms with E-state index in [2.05, 4.69) is 31.4 Å². The molecule has 3 rings (SSSR count). The Morgan fingerprint density at radius 1 is 1.16 bits per heavy atom. The fourth-order valence-corrected chi connectivity index (χ4v) is 4.70. The molecule has 4 heteroatoms. The number of nitrogens with one attached hydrogen (secondary N) is 2. The molecule has 3 unspecified atom stereocenters. The van der Waals surface area contributed by atoms with Crippen molar-refractivity contribution in [1.29, 1.82) is 0 Å². The Bertz CT molecular complexity index is 705. The maximum absolute atomic E-state index is 12.4. The Kier molecular flexibility index (Phi) is 4.48. The molecule has 0 aromatic heterocycles. The van der Waals surface area contributed by atoms with E-state index < -0.39 is 0 Å². The van der Waals surface area contributed by atoms with Gasteiger partial charge in [-0.2, -0.15) is 0 Å². The molecule has 0 saturated heterocycles. The van der Waals surface area contributed by atoms with E-state index in [1.165, 1.54) is 12.8 Å². The van der Waals surface area contributed by atoms with Gasteiger partial charge in [0.25, 0.3) is 5.91 Å². The van der Waals surface area contributed by atoms with E-state index in [0.29, 0.717) is 16.9 Å². The van der Waals surface area contributed by atoms with Crippen molar-refractivity contribution >= 4 is 17.9 Å². The maximum atomic E-state index is 12.4. The second kappa shape index (κ2) is 6.32. The first kappa shape index (κ1) is 17.7. The molecular weight excluding hydrogens is 312 g/mol. The maximum Gasteiger partial charge on any atom is 0.251 e. The van der Waals surface area contributed by atoms with Crippen LogP contribution in [0.4, 0.5) is 0 Å². The Hall–Kier alpha value is -2.10. The molecule has 2 fully saturated rings. The topological polar surface area (TPSA) is 58.2 Å². The van der Waals surface area contributed by atoms with Crippen LogP contribution in [-0.2, 0) is 4.79 Å². The first-order valence-corrected chi connectivity index (χ1v) is 9.08. The summed E-state index contributed by atoms with van der Waals surface area (Å²) in [5.41, 5.74) is 2.00. The highest BCUT2D eigenvalue weighted by Gasteiger charge is 2.61. The SMILES string of the molecule is CNC(=O)c1ccc(/C=C/C(=O)NC2CC3CCC2(C)C3(C)C)cc1. The van der Waals surface area contributed by atoms with Crippen LogP contribution in [0.25, 0.3) is 6.08 Å². The molecular formula is C21H28N2O2. The van der Waals surface area contributed by atoms with Crippen molar-refractivity contribution in [3.05, 3.63) is 41.5 Å². The lowest BCUT2D eigenvalue weighted by atomic mass is 9.69. The lowest BCUT2D eigenvalue weighted by molar-refractivity contribution is -0.118. The van der Waals surface area contributed by atoms with Crippen LogP contribution in [0.3, 0.4) is 0 Å². The van der Waals surface area contributed by atoms with E-state index in [1.807, 2.05) is 12.1 Å². The fraction of sp³-hybridized carbons (Fsp3) is 0.524. The van der Waals surface area contributed by atoms with Gasteiger partial charge in [0, 0.05) is 24.7 Å². The summed E-state index contributed by atoms with van der Waals surface area (Å²) in [6.07, 6.45) is 6.95. The average molecular weight is 340 g/mol. The summed E-state index contributed by atoms with van der Waals surface area (Å²) in [6, 6.07) is 7.47. The van der Waals surface area contributed by atoms with Crippen molar-refractivity contribution in [2.45, 2.75) is 46.1 Å². The van der Waals surface area contributed by atoms with E-state index in [4.69, 9.17) is 0 Å². The van der Waals surface area contributed by atoms with Crippen LogP contribution in [-0.4, -0.2) is 24.9 Å². The zero-order valence-corrected chi connectivity index (χ0v) is 15.6. The number of fused-ring (bicyclic) bond motifs is 2. The molecule has 1 aromatic carbocycles. The second-order valence-corrected chi connectivity index (χ2v) is 8.21. The first-order valence-electron chi connectivity index (χ1n) is 9.08. The van der Waals surface area contributed by atoms with Gasteiger partial charge in [-0.25, -0.2) is 0 Å². The molecule has 1 aromatic rings. The van der Waals surface area contributed by atoms with Gasteiger partial charge >= 0.3 is 0 Å². The number of hydrogen-bond acceptors (Lipinski definition) is 2. The van der Waals surface area contributed by atoms with Crippen LogP contribution in [0.2, 0.25) is 0 Å². The average Bonchev–Trinajstić information content (AvgIpc) is 2.93. The third-order valence-electron chi connectivity index (χ3n) is 6.94. The van der Waals surface area contributed by atoms with Gasteiger partial charge in [0.15, 0.2) is 0 Å². The predicted octanol–water partition coefficient (Wildman–Crippen LogP) is 3.39. The molecule has 0 aliphatic heterocycles. The number of carbonyl (C=O) groups is 2. The van der Waals surface area contributed by atoms with Crippen LogP contribution in [0.1, 0.15) is 56.0 Å². The lowest BCUT2D eigenvalue weighted by Crippen LogP contribution is -2.46. The van der Waals surface area contributed by atoms with Crippen molar-refractivity contribution < 1.29 is 9.59 Å². The highest BCUT2D eigenvalue weighted by Crippen LogP contribution is 2.65. The Morgan fingerprint density at radius 2 is 1.84 bits per heavy atom. The smallest absolute Gasteiger partial charge is 0.251 e. The summed E-state index contributed by atoms with van der Waals surface area (Å²) in [5.74, 6) is 0.564. The summed E-state index contributed by atoms with van der Waals surface area (Å²) in [7, 11) is 1.61. The van der Waals surface area contributed by atoms with E-state index in [-0.39, 0.29) is 23.3 Å². The number of benzene rings is 1. The Labute approximate surface area is 150 Å². The number of carbonyl (C=O) groups excluding carboxylic acids is 2. The van der Waals surface area contributed by atoms with Gasteiger partial charge in [0.2, 0.25) is 5.91 Å². The molecule has 0 spiro atoms. The summed E-state index contributed by atoms with van der Waals surface area (Å²) >= 11 is 0. The van der Waals surface area contributed by atoms with Crippen LogP contribution in [0.5, 0.6) is 0 Å². The van der Waals surface area contributed by atoms with Crippen LogP contribution < -0.4 is 10.6 Å². The number of amides is 2. The van der Waals surface area contributed by atoms with Crippen LogP contribution in [0.15, 0.2) is 30.3 Å². The molecule has 2 N–H and O–H groups in total. The quantitative estimate of drug-likeness (QED) is 0.826. The zero-order chi connectivity index (χ0) is 18.2. The minimum absolute atomic E-state index is 0.0371. The van der Waals surface area contributed by atoms with Gasteiger partial charge in [0.1, 0.15) is 0 Å². The highest BCUT2D eigenvalue weighted by atomic mass is 16.2. The molecule has 0 radical (unpaired) electrons. The summed E-state index contributed by atoms with van der Waals surface area (Å²) < 4.78 is 0. The molecule has 4 nitrogen and oxygen atoms in total. The largest absolute Gasteiger partial charge is 0.355 e. The normalized spacial score (nSPS) is 29.8. The molecule has 2 saturated carbocycles. The van der Waals surface area contributed by atoms with Gasteiger partial charge in [-0.3, -0.25) is 9.59 Å². The predicted molar refractivity (Wildman–Crippen MR) is 100 cm³/mol. The van der Waals surface area contributed by atoms with E-state index >= 15 is 0 Å². The highest BCUT2D eigenvalue weighted by molar-refractivity contribution is 5.94. The third kappa shape index (κ3) is 2.99. The molecule has 25 heavy (non-hydrogen) atoms. The van der Waals surface area contributed by atoms with Gasteiger partial charge in [-0.05, 0) is 59.8 Å². The molecule has 2 aliphatic rings. The first-order chi connectivity index (χ1) is 11.8. The van der Waals surface area contributed by atoms with Crippen LogP contribution in [0, 0.1) is 16.7 Å². The van der Waals surface area contributed by atoms with E-state index in [0.717, 1.165) is 12.0 Å². The standard InChI is InChI=1S/C21H28N2O2/c1-20(2)16-11-12-21(20,3)17(13-16)23-18(24)10-7-14-5-8-15(9-6-14)19(25)22-4/h5-10,16-17H,11-13H2,1-4H3,(H,22,25)(H,23,24)/b10-7+. The molecule has 0 heterocycles. The summed E-state index contributed by atoms with van der Waals surface area (Å²) in [4.78, 5) is 23.9. The molecule has 134 valence electrons. The Morgan fingerprint density at radius 3 is 2.36 bits per heavy atom. The van der Waals surface area contributed by atoms with Gasteiger partial charge < -0.3 is 10.6 Å². The molecule has 2 aliphatic carbocycles. The third-order valence-corrected chi connectivity index (χ3v) is 6.94. The Balaban J connectivity index is 1.62. The van der Waals surface area contributed by atoms with Crippen molar-refractivity contribution in [3.63, 3.8) is 0 Å². The minimum atomic E-state index is -0.111. The fourth-order valence-electron chi connectivity index (χ4n) is 4.70. The lowest BCUT2D eigenvalue weighted by Gasteiger charge is -2.39. The van der Waals surface area contributed by atoms with Gasteiger partial charge in [0.05, 0.1) is 0 Å². The van der Waals surface area contributed by atoms with E-state index in [9.17, 15) is 9.59 Å². The number of hydrogen-bond donors (Lipinski definition) is 2. The van der Waals surface area contributed by atoms with E-state index in [1.54, 1.807) is 31.3 Å². The van der Waals surface area contributed by atoms with Crippen LogP contribution >= 0.6 is 0 Å². The second-order valence-electron chi connectivity index (χ2n) is 8.21. The summed E-state index contributed by atoms with van der Waals surface area (Å²) in [5, 5.41) is 5.82. The number of rotatable bonds is 4. The minimum Gasteiger partial charge on any atom is -0.355 e. The molecule has 3 atom stereocenters. The van der Waals surface area contributed by atoms with Crippen molar-refractivity contribution in [3.8, 4) is 0 Å². The molecule has 2 bridgehead atoms. The van der Waals surface area contributed by atoms with Gasteiger partial charge in [-0.1, -0.05) is 32.9 Å². The summed E-state index contributed by atoms with van der Waals surface area (Å²) in [6.45, 7) is 7.02.